The highest BCUT2D eigenvalue weighted by atomic mass is 15.3. The molecule has 0 amide bonds. The third-order valence-electron chi connectivity index (χ3n) is 5.52. The molecule has 2 unspecified atom stereocenters. The van der Waals surface area contributed by atoms with Crippen LogP contribution in [0, 0.1) is 11.8 Å². The number of nitrogens with zero attached hydrogens (tertiary/aromatic N) is 1. The van der Waals surface area contributed by atoms with Crippen molar-refractivity contribution in [3.63, 3.8) is 0 Å². The van der Waals surface area contributed by atoms with Gasteiger partial charge in [0.05, 0.1) is 0 Å². The first-order chi connectivity index (χ1) is 9.06. The van der Waals surface area contributed by atoms with Crippen LogP contribution in [0.2, 0.25) is 0 Å². The van der Waals surface area contributed by atoms with Gasteiger partial charge in [0, 0.05) is 24.7 Å². The van der Waals surface area contributed by atoms with E-state index < -0.39 is 0 Å². The van der Waals surface area contributed by atoms with E-state index in [1.807, 2.05) is 0 Å². The van der Waals surface area contributed by atoms with Gasteiger partial charge in [-0.05, 0) is 37.6 Å². The van der Waals surface area contributed by atoms with E-state index in [9.17, 15) is 0 Å². The largest absolute Gasteiger partial charge is 0.308 e. The number of hydrogen-bond acceptors (Lipinski definition) is 2. The van der Waals surface area contributed by atoms with Crippen molar-refractivity contribution in [2.75, 3.05) is 19.6 Å². The number of piperazine rings is 1. The predicted octanol–water partition coefficient (Wildman–Crippen LogP) is 3.67. The Morgan fingerprint density at radius 2 is 1.89 bits per heavy atom. The Labute approximate surface area is 120 Å². The summed E-state index contributed by atoms with van der Waals surface area (Å²) >= 11 is 0. The van der Waals surface area contributed by atoms with E-state index in [2.05, 4.69) is 37.9 Å². The first kappa shape index (κ1) is 15.3. The van der Waals surface area contributed by atoms with E-state index in [4.69, 9.17) is 0 Å². The van der Waals surface area contributed by atoms with E-state index in [-0.39, 0.29) is 0 Å². The quantitative estimate of drug-likeness (QED) is 0.817. The summed E-state index contributed by atoms with van der Waals surface area (Å²) < 4.78 is 0. The van der Waals surface area contributed by atoms with E-state index in [1.54, 1.807) is 0 Å². The molecule has 2 rings (SSSR count). The van der Waals surface area contributed by atoms with Crippen LogP contribution in [0.25, 0.3) is 0 Å². The maximum absolute atomic E-state index is 3.94. The molecule has 0 aromatic carbocycles. The van der Waals surface area contributed by atoms with Crippen LogP contribution in [0.15, 0.2) is 0 Å². The Bertz CT molecular complexity index is 268. The van der Waals surface area contributed by atoms with Crippen LogP contribution in [0.4, 0.5) is 0 Å². The summed E-state index contributed by atoms with van der Waals surface area (Å²) in [6.07, 6.45) is 8.31. The molecule has 2 nitrogen and oxygen atoms in total. The van der Waals surface area contributed by atoms with Crippen molar-refractivity contribution in [2.45, 2.75) is 77.8 Å². The summed E-state index contributed by atoms with van der Waals surface area (Å²) in [7, 11) is 0. The topological polar surface area (TPSA) is 15.3 Å². The highest BCUT2D eigenvalue weighted by Gasteiger charge is 2.41. The van der Waals surface area contributed by atoms with Crippen LogP contribution in [0.3, 0.4) is 0 Å². The van der Waals surface area contributed by atoms with Gasteiger partial charge in [-0.1, -0.05) is 47.0 Å². The fraction of sp³-hybridized carbons (Fsp3) is 1.00. The summed E-state index contributed by atoms with van der Waals surface area (Å²) in [5.41, 5.74) is 0.473. The zero-order chi connectivity index (χ0) is 13.9. The second-order valence-electron chi connectivity index (χ2n) is 7.47. The van der Waals surface area contributed by atoms with E-state index in [1.165, 1.54) is 58.2 Å². The van der Waals surface area contributed by atoms with E-state index in [0.29, 0.717) is 5.54 Å². The lowest BCUT2D eigenvalue weighted by Gasteiger charge is -2.48. The first-order valence-electron chi connectivity index (χ1n) is 8.55. The molecule has 1 N–H and O–H groups in total. The molecule has 1 saturated heterocycles. The summed E-state index contributed by atoms with van der Waals surface area (Å²) in [4.78, 5) is 2.83. The van der Waals surface area contributed by atoms with Crippen LogP contribution >= 0.6 is 0 Å². The highest BCUT2D eigenvalue weighted by Crippen LogP contribution is 2.34. The number of hydrogen-bond donors (Lipinski definition) is 1. The zero-order valence-corrected chi connectivity index (χ0v) is 13.5. The zero-order valence-electron chi connectivity index (χ0n) is 13.5. The second kappa shape index (κ2) is 6.58. The Morgan fingerprint density at radius 3 is 2.47 bits per heavy atom. The van der Waals surface area contributed by atoms with Crippen molar-refractivity contribution in [1.82, 2.24) is 10.2 Å². The molecule has 19 heavy (non-hydrogen) atoms. The van der Waals surface area contributed by atoms with Crippen molar-refractivity contribution in [3.05, 3.63) is 0 Å². The molecule has 1 saturated carbocycles. The van der Waals surface area contributed by atoms with Crippen LogP contribution in [0.5, 0.6) is 0 Å². The van der Waals surface area contributed by atoms with Gasteiger partial charge in [0.25, 0.3) is 0 Å². The predicted molar refractivity (Wildman–Crippen MR) is 83.5 cm³/mol. The van der Waals surface area contributed by atoms with Crippen molar-refractivity contribution >= 4 is 0 Å². The average Bonchev–Trinajstić information content (AvgIpc) is 2.84. The third-order valence-corrected chi connectivity index (χ3v) is 5.52. The standard InChI is InChI=1S/C17H34N2/c1-5-15(4)16-12-18-17(9-6-7-10-17)13-19(16)11-8-14(2)3/h14-16,18H,5-13H2,1-4H3. The van der Waals surface area contributed by atoms with Crippen LogP contribution in [-0.4, -0.2) is 36.1 Å². The van der Waals surface area contributed by atoms with E-state index >= 15 is 0 Å². The summed E-state index contributed by atoms with van der Waals surface area (Å²) in [5, 5.41) is 3.94. The number of rotatable bonds is 5. The van der Waals surface area contributed by atoms with E-state index in [0.717, 1.165) is 17.9 Å². The Kier molecular flexibility index (Phi) is 5.30. The fourth-order valence-electron chi connectivity index (χ4n) is 3.90. The minimum atomic E-state index is 0.473. The molecule has 1 spiro atoms. The maximum Gasteiger partial charge on any atom is 0.0309 e. The lowest BCUT2D eigenvalue weighted by Crippen LogP contribution is -2.64. The smallest absolute Gasteiger partial charge is 0.0309 e. The normalized spacial score (nSPS) is 29.2. The van der Waals surface area contributed by atoms with Crippen molar-refractivity contribution in [3.8, 4) is 0 Å². The molecule has 1 aliphatic carbocycles. The lowest BCUT2D eigenvalue weighted by atomic mass is 9.87. The van der Waals surface area contributed by atoms with Gasteiger partial charge in [-0.25, -0.2) is 0 Å². The van der Waals surface area contributed by atoms with Gasteiger partial charge >= 0.3 is 0 Å². The fourth-order valence-corrected chi connectivity index (χ4v) is 3.90. The molecule has 2 heteroatoms. The van der Waals surface area contributed by atoms with Crippen LogP contribution in [0.1, 0.15) is 66.2 Å². The Morgan fingerprint density at radius 1 is 1.21 bits per heavy atom. The minimum absolute atomic E-state index is 0.473. The molecule has 2 atom stereocenters. The maximum atomic E-state index is 3.94. The second-order valence-corrected chi connectivity index (χ2v) is 7.47. The molecule has 1 heterocycles. The molecular formula is C17H34N2. The molecule has 0 aromatic rings. The molecule has 0 aromatic heterocycles. The average molecular weight is 266 g/mol. The van der Waals surface area contributed by atoms with Gasteiger partial charge in [-0.2, -0.15) is 0 Å². The summed E-state index contributed by atoms with van der Waals surface area (Å²) in [5.74, 6) is 1.64. The highest BCUT2D eigenvalue weighted by molar-refractivity contribution is 5.01. The Balaban J connectivity index is 2.00. The third kappa shape index (κ3) is 3.72. The molecule has 2 aliphatic rings. The molecule has 0 radical (unpaired) electrons. The van der Waals surface area contributed by atoms with Crippen LogP contribution < -0.4 is 5.32 Å². The SMILES string of the molecule is CCC(C)C1CNC2(CCCC2)CN1CCC(C)C. The molecule has 112 valence electrons. The molecule has 0 bridgehead atoms. The van der Waals surface area contributed by atoms with Crippen molar-refractivity contribution in [1.29, 1.82) is 0 Å². The monoisotopic (exact) mass is 266 g/mol. The van der Waals surface area contributed by atoms with Gasteiger partial charge in [-0.3, -0.25) is 4.90 Å². The van der Waals surface area contributed by atoms with Crippen molar-refractivity contribution in [2.24, 2.45) is 11.8 Å². The molecular weight excluding hydrogens is 232 g/mol. The van der Waals surface area contributed by atoms with Gasteiger partial charge in [0.15, 0.2) is 0 Å². The van der Waals surface area contributed by atoms with Crippen molar-refractivity contribution < 1.29 is 0 Å². The summed E-state index contributed by atoms with van der Waals surface area (Å²) in [6.45, 7) is 13.3. The van der Waals surface area contributed by atoms with Crippen LogP contribution in [-0.2, 0) is 0 Å². The first-order valence-corrected chi connectivity index (χ1v) is 8.55. The van der Waals surface area contributed by atoms with Gasteiger partial charge in [-0.15, -0.1) is 0 Å². The lowest BCUT2D eigenvalue weighted by molar-refractivity contribution is 0.0484. The molecule has 2 fully saturated rings. The Hall–Kier alpha value is -0.0800. The van der Waals surface area contributed by atoms with Gasteiger partial charge in [0.1, 0.15) is 0 Å². The van der Waals surface area contributed by atoms with Gasteiger partial charge in [0.2, 0.25) is 0 Å². The molecule has 1 aliphatic heterocycles. The summed E-state index contributed by atoms with van der Waals surface area (Å²) in [6, 6.07) is 0.759. The minimum Gasteiger partial charge on any atom is -0.308 e. The number of nitrogens with one attached hydrogen (secondary N) is 1. The van der Waals surface area contributed by atoms with Gasteiger partial charge < -0.3 is 5.32 Å².